The van der Waals surface area contributed by atoms with Gasteiger partial charge in [-0.1, -0.05) is 15.9 Å². The molecule has 0 atom stereocenters. The molecule has 1 heterocycles. The third kappa shape index (κ3) is 2.55. The minimum atomic E-state index is -4.23. The topological polar surface area (TPSA) is 75.7 Å². The number of methoxy groups -OCH3 is 1. The summed E-state index contributed by atoms with van der Waals surface area (Å²) in [7, 11) is -2.81. The normalized spacial score (nSPS) is 15.8. The third-order valence-corrected chi connectivity index (χ3v) is 5.51. The lowest BCUT2D eigenvalue weighted by atomic mass is 10.3. The molecule has 0 aliphatic carbocycles. The van der Waals surface area contributed by atoms with Gasteiger partial charge in [-0.25, -0.2) is 17.6 Å². The van der Waals surface area contributed by atoms with Crippen molar-refractivity contribution in [3.05, 3.63) is 46.7 Å². The van der Waals surface area contributed by atoms with E-state index in [1.54, 1.807) is 0 Å². The Hall–Kier alpha value is -2.13. The number of urea groups is 1. The van der Waals surface area contributed by atoms with Crippen LogP contribution in [-0.2, 0) is 10.0 Å². The second kappa shape index (κ2) is 5.50. The number of nitrogens with one attached hydrogen (secondary N) is 1. The Morgan fingerprint density at radius 2 is 1.96 bits per heavy atom. The number of amides is 2. The monoisotopic (exact) mass is 400 g/mol. The fourth-order valence-electron chi connectivity index (χ4n) is 2.22. The number of rotatable bonds is 2. The lowest BCUT2D eigenvalue weighted by Crippen LogP contribution is -2.44. The SMILES string of the molecule is COc1ccc2c(c1)NC(=O)N(c1ccc(Br)cc1F)S2(=O)=O. The zero-order valence-corrected chi connectivity index (χ0v) is 14.1. The quantitative estimate of drug-likeness (QED) is 0.838. The molecule has 23 heavy (non-hydrogen) atoms. The highest BCUT2D eigenvalue weighted by molar-refractivity contribution is 9.10. The Bertz CT molecular complexity index is 917. The molecule has 2 aromatic carbocycles. The molecule has 0 spiro atoms. The lowest BCUT2D eigenvalue weighted by molar-refractivity contribution is 0.259. The summed E-state index contributed by atoms with van der Waals surface area (Å²) in [5.74, 6) is -0.447. The van der Waals surface area contributed by atoms with E-state index in [9.17, 15) is 17.6 Å². The molecule has 9 heteroatoms. The van der Waals surface area contributed by atoms with Gasteiger partial charge in [-0.15, -0.1) is 0 Å². The molecule has 120 valence electrons. The van der Waals surface area contributed by atoms with Crippen LogP contribution in [0.25, 0.3) is 0 Å². The molecule has 0 saturated carbocycles. The molecule has 0 saturated heterocycles. The number of nitrogens with zero attached hydrogens (tertiary/aromatic N) is 1. The van der Waals surface area contributed by atoms with Crippen molar-refractivity contribution >= 4 is 43.4 Å². The van der Waals surface area contributed by atoms with Gasteiger partial charge in [0.2, 0.25) is 0 Å². The van der Waals surface area contributed by atoms with Crippen LogP contribution in [0.15, 0.2) is 45.8 Å². The van der Waals surface area contributed by atoms with E-state index in [1.165, 1.54) is 37.4 Å². The number of sulfonamides is 1. The van der Waals surface area contributed by atoms with Crippen molar-refractivity contribution in [3.63, 3.8) is 0 Å². The van der Waals surface area contributed by atoms with Crippen molar-refractivity contribution in [2.45, 2.75) is 4.90 Å². The summed E-state index contributed by atoms with van der Waals surface area (Å²) in [6.07, 6.45) is 0. The molecule has 1 aliphatic rings. The fourth-order valence-corrected chi connectivity index (χ4v) is 4.05. The predicted molar refractivity (Wildman–Crippen MR) is 85.8 cm³/mol. The van der Waals surface area contributed by atoms with Gasteiger partial charge in [-0.2, -0.15) is 4.31 Å². The number of ether oxygens (including phenoxy) is 1. The van der Waals surface area contributed by atoms with Crippen molar-refractivity contribution in [2.75, 3.05) is 16.7 Å². The van der Waals surface area contributed by atoms with Gasteiger partial charge in [0.15, 0.2) is 0 Å². The van der Waals surface area contributed by atoms with E-state index < -0.39 is 21.9 Å². The standard InChI is InChI=1S/C14H10BrFN2O4S/c1-22-9-3-5-13-11(7-9)17-14(19)18(23(13,20)21)12-4-2-8(15)6-10(12)16/h2-7H,1H3,(H,17,19). The second-order valence-corrected chi connectivity index (χ2v) is 7.33. The van der Waals surface area contributed by atoms with Gasteiger partial charge >= 0.3 is 6.03 Å². The number of hydrogen-bond donors (Lipinski definition) is 1. The Morgan fingerprint density at radius 1 is 1.22 bits per heavy atom. The van der Waals surface area contributed by atoms with Crippen molar-refractivity contribution in [2.24, 2.45) is 0 Å². The van der Waals surface area contributed by atoms with Gasteiger partial charge in [-0.3, -0.25) is 0 Å². The maximum Gasteiger partial charge on any atom is 0.340 e. The summed E-state index contributed by atoms with van der Waals surface area (Å²) in [6.45, 7) is 0. The molecule has 1 aliphatic heterocycles. The van der Waals surface area contributed by atoms with Crippen LogP contribution in [-0.4, -0.2) is 21.6 Å². The average Bonchev–Trinajstić information content (AvgIpc) is 2.48. The van der Waals surface area contributed by atoms with E-state index in [2.05, 4.69) is 21.2 Å². The number of hydrogen-bond acceptors (Lipinski definition) is 4. The smallest absolute Gasteiger partial charge is 0.340 e. The number of fused-ring (bicyclic) bond motifs is 1. The predicted octanol–water partition coefficient (Wildman–Crippen LogP) is 3.34. The molecule has 0 bridgehead atoms. The maximum absolute atomic E-state index is 14.1. The lowest BCUT2D eigenvalue weighted by Gasteiger charge is -2.29. The molecule has 0 radical (unpaired) electrons. The first-order valence-corrected chi connectivity index (χ1v) is 8.57. The second-order valence-electron chi connectivity index (χ2n) is 4.66. The summed E-state index contributed by atoms with van der Waals surface area (Å²) in [5, 5.41) is 2.43. The third-order valence-electron chi connectivity index (χ3n) is 3.26. The molecule has 3 rings (SSSR count). The molecular weight excluding hydrogens is 391 g/mol. The minimum Gasteiger partial charge on any atom is -0.497 e. The first-order chi connectivity index (χ1) is 10.8. The van der Waals surface area contributed by atoms with E-state index in [1.807, 2.05) is 0 Å². The highest BCUT2D eigenvalue weighted by Gasteiger charge is 2.39. The number of benzene rings is 2. The summed E-state index contributed by atoms with van der Waals surface area (Å²) >= 11 is 3.08. The van der Waals surface area contributed by atoms with E-state index in [0.29, 0.717) is 14.5 Å². The fraction of sp³-hybridized carbons (Fsp3) is 0.0714. The Balaban J connectivity index is 2.18. The summed E-state index contributed by atoms with van der Waals surface area (Å²) in [5.41, 5.74) is -0.268. The molecule has 1 N–H and O–H groups in total. The molecule has 0 unspecified atom stereocenters. The number of carbonyl (C=O) groups is 1. The molecule has 0 fully saturated rings. The number of carbonyl (C=O) groups excluding carboxylic acids is 1. The van der Waals surface area contributed by atoms with Crippen LogP contribution < -0.4 is 14.4 Å². The Labute approximate surface area is 140 Å². The minimum absolute atomic E-state index is 0.0862. The van der Waals surface area contributed by atoms with E-state index in [4.69, 9.17) is 4.74 Å². The van der Waals surface area contributed by atoms with E-state index in [-0.39, 0.29) is 16.3 Å². The van der Waals surface area contributed by atoms with Crippen LogP contribution in [0, 0.1) is 5.82 Å². The van der Waals surface area contributed by atoms with Crippen molar-refractivity contribution < 1.29 is 22.3 Å². The van der Waals surface area contributed by atoms with Crippen LogP contribution >= 0.6 is 15.9 Å². The van der Waals surface area contributed by atoms with E-state index >= 15 is 0 Å². The van der Waals surface area contributed by atoms with Gasteiger partial charge in [-0.05, 0) is 30.3 Å². The van der Waals surface area contributed by atoms with Crippen LogP contribution in [0.2, 0.25) is 0 Å². The van der Waals surface area contributed by atoms with Crippen LogP contribution in [0.5, 0.6) is 5.75 Å². The first kappa shape index (κ1) is 15.8. The van der Waals surface area contributed by atoms with E-state index in [0.717, 1.165) is 6.07 Å². The summed E-state index contributed by atoms with van der Waals surface area (Å²) in [6, 6.07) is 6.92. The largest absolute Gasteiger partial charge is 0.497 e. The highest BCUT2D eigenvalue weighted by Crippen LogP contribution is 2.37. The van der Waals surface area contributed by atoms with Crippen molar-refractivity contribution in [1.82, 2.24) is 0 Å². The molecule has 2 aromatic rings. The highest BCUT2D eigenvalue weighted by atomic mass is 79.9. The number of halogens is 2. The van der Waals surface area contributed by atoms with Gasteiger partial charge in [0.25, 0.3) is 10.0 Å². The van der Waals surface area contributed by atoms with Crippen molar-refractivity contribution in [3.8, 4) is 5.75 Å². The molecule has 6 nitrogen and oxygen atoms in total. The number of anilines is 2. The Kier molecular flexibility index (Phi) is 3.77. The zero-order valence-electron chi connectivity index (χ0n) is 11.7. The van der Waals surface area contributed by atoms with Gasteiger partial charge in [0.1, 0.15) is 16.5 Å². The zero-order chi connectivity index (χ0) is 16.8. The van der Waals surface area contributed by atoms with Gasteiger partial charge in [0.05, 0.1) is 18.5 Å². The van der Waals surface area contributed by atoms with Crippen LogP contribution in [0.3, 0.4) is 0 Å². The summed E-state index contributed by atoms with van der Waals surface area (Å²) < 4.78 is 45.3. The van der Waals surface area contributed by atoms with Gasteiger partial charge < -0.3 is 10.1 Å². The molecule has 0 aromatic heterocycles. The van der Waals surface area contributed by atoms with Gasteiger partial charge in [0, 0.05) is 10.5 Å². The first-order valence-electron chi connectivity index (χ1n) is 6.34. The summed E-state index contributed by atoms with van der Waals surface area (Å²) in [4.78, 5) is 12.1. The maximum atomic E-state index is 14.1. The van der Waals surface area contributed by atoms with Crippen LogP contribution in [0.1, 0.15) is 0 Å². The molecule has 2 amide bonds. The average molecular weight is 401 g/mol. The van der Waals surface area contributed by atoms with Crippen molar-refractivity contribution in [1.29, 1.82) is 0 Å². The Morgan fingerprint density at radius 3 is 2.61 bits per heavy atom. The van der Waals surface area contributed by atoms with Crippen LogP contribution in [0.4, 0.5) is 20.6 Å². The molecular formula is C14H10BrFN2O4S.